The Balaban J connectivity index is 2.37. The van der Waals surface area contributed by atoms with E-state index in [-0.39, 0.29) is 12.5 Å². The highest BCUT2D eigenvalue weighted by Gasteiger charge is 2.17. The molecule has 1 aromatic heterocycles. The fourth-order valence-corrected chi connectivity index (χ4v) is 1.35. The van der Waals surface area contributed by atoms with Gasteiger partial charge in [0.25, 0.3) is 0 Å². The van der Waals surface area contributed by atoms with E-state index in [1.807, 2.05) is 6.07 Å². The Morgan fingerprint density at radius 1 is 1.59 bits per heavy atom. The summed E-state index contributed by atoms with van der Waals surface area (Å²) in [5, 5.41) is 18.3. The zero-order valence-corrected chi connectivity index (χ0v) is 9.80. The van der Waals surface area contributed by atoms with Crippen LogP contribution >= 0.6 is 0 Å². The highest BCUT2D eigenvalue weighted by atomic mass is 16.4. The first-order valence-electron chi connectivity index (χ1n) is 5.18. The fraction of sp³-hybridized carbons (Fsp3) is 0.500. The molecule has 3 N–H and O–H groups in total. The summed E-state index contributed by atoms with van der Waals surface area (Å²) in [6, 6.07) is 0.914. The van der Waals surface area contributed by atoms with Gasteiger partial charge in [0.1, 0.15) is 6.04 Å². The number of aromatic nitrogens is 2. The monoisotopic (exact) mass is 240 g/mol. The Bertz CT molecular complexity index is 402. The predicted molar refractivity (Wildman–Crippen MR) is 60.2 cm³/mol. The molecule has 1 heterocycles. The first-order valence-corrected chi connectivity index (χ1v) is 5.18. The number of hydrogen-bond donors (Lipinski definition) is 3. The number of carbonyl (C=O) groups is 2. The summed E-state index contributed by atoms with van der Waals surface area (Å²) in [7, 11) is 1.81. The molecule has 17 heavy (non-hydrogen) atoms. The molecular formula is C10H16N4O3. The molecule has 0 aliphatic carbocycles. The van der Waals surface area contributed by atoms with Crippen molar-refractivity contribution < 1.29 is 14.7 Å². The highest BCUT2D eigenvalue weighted by Crippen LogP contribution is 1.93. The summed E-state index contributed by atoms with van der Waals surface area (Å²) in [4.78, 5) is 21.6. The summed E-state index contributed by atoms with van der Waals surface area (Å²) < 4.78 is 1.67. The molecule has 0 saturated heterocycles. The molecule has 7 nitrogen and oxygen atoms in total. The minimum absolute atomic E-state index is 0.158. The Morgan fingerprint density at radius 3 is 2.76 bits per heavy atom. The van der Waals surface area contributed by atoms with Crippen molar-refractivity contribution in [1.82, 2.24) is 20.4 Å². The van der Waals surface area contributed by atoms with Crippen LogP contribution in [0.1, 0.15) is 12.6 Å². The Labute approximate surface area is 98.8 Å². The molecule has 1 amide bonds. The molecule has 0 aliphatic heterocycles. The molecule has 0 bridgehead atoms. The number of carboxylic acid groups (broad SMARTS) is 1. The standard InChI is InChI=1S/C10H16N4O3/c1-7(15)12-9(10(16)17)6-11-5-8-3-4-14(2)13-8/h3-4,9,11H,5-6H2,1-2H3,(H,12,15)(H,16,17). The van der Waals surface area contributed by atoms with Crippen LogP contribution in [0.2, 0.25) is 0 Å². The summed E-state index contributed by atoms with van der Waals surface area (Å²) in [5.74, 6) is -1.43. The van der Waals surface area contributed by atoms with E-state index < -0.39 is 12.0 Å². The number of carboxylic acids is 1. The quantitative estimate of drug-likeness (QED) is 0.598. The fourth-order valence-electron chi connectivity index (χ4n) is 1.35. The number of nitrogens with one attached hydrogen (secondary N) is 2. The predicted octanol–water partition coefficient (Wildman–Crippen LogP) is -0.901. The molecule has 0 aliphatic rings. The zero-order valence-electron chi connectivity index (χ0n) is 9.80. The van der Waals surface area contributed by atoms with Crippen LogP contribution in [0.4, 0.5) is 0 Å². The van der Waals surface area contributed by atoms with E-state index in [1.54, 1.807) is 17.9 Å². The Hall–Kier alpha value is -1.89. The Kier molecular flexibility index (Phi) is 4.65. The molecule has 0 saturated carbocycles. The van der Waals surface area contributed by atoms with Crippen molar-refractivity contribution >= 4 is 11.9 Å². The smallest absolute Gasteiger partial charge is 0.327 e. The average Bonchev–Trinajstić information content (AvgIpc) is 2.62. The molecule has 1 atom stereocenters. The van der Waals surface area contributed by atoms with E-state index in [2.05, 4.69) is 15.7 Å². The van der Waals surface area contributed by atoms with Crippen LogP contribution < -0.4 is 10.6 Å². The number of aliphatic carboxylic acids is 1. The van der Waals surface area contributed by atoms with Crippen molar-refractivity contribution in [3.05, 3.63) is 18.0 Å². The first kappa shape index (κ1) is 13.2. The lowest BCUT2D eigenvalue weighted by molar-refractivity contribution is -0.141. The van der Waals surface area contributed by atoms with E-state index in [1.165, 1.54) is 6.92 Å². The maximum Gasteiger partial charge on any atom is 0.327 e. The van der Waals surface area contributed by atoms with Crippen molar-refractivity contribution in [1.29, 1.82) is 0 Å². The van der Waals surface area contributed by atoms with Gasteiger partial charge >= 0.3 is 5.97 Å². The van der Waals surface area contributed by atoms with Gasteiger partial charge in [-0.1, -0.05) is 0 Å². The van der Waals surface area contributed by atoms with E-state index in [0.29, 0.717) is 6.54 Å². The summed E-state index contributed by atoms with van der Waals surface area (Å²) >= 11 is 0. The lowest BCUT2D eigenvalue weighted by Crippen LogP contribution is -2.46. The summed E-state index contributed by atoms with van der Waals surface area (Å²) in [5.41, 5.74) is 0.819. The van der Waals surface area contributed by atoms with Crippen LogP contribution in [0.3, 0.4) is 0 Å². The summed E-state index contributed by atoms with van der Waals surface area (Å²) in [6.07, 6.45) is 1.81. The van der Waals surface area contributed by atoms with Gasteiger partial charge in [0, 0.05) is 33.3 Å². The number of nitrogens with zero attached hydrogens (tertiary/aromatic N) is 2. The van der Waals surface area contributed by atoms with Crippen molar-refractivity contribution in [2.45, 2.75) is 19.5 Å². The second-order valence-electron chi connectivity index (χ2n) is 3.70. The lowest BCUT2D eigenvalue weighted by Gasteiger charge is -2.13. The van der Waals surface area contributed by atoms with Crippen LogP contribution in [-0.2, 0) is 23.2 Å². The minimum atomic E-state index is -1.06. The second kappa shape index (κ2) is 6.00. The summed E-state index contributed by atoms with van der Waals surface area (Å²) in [6.45, 7) is 1.91. The van der Waals surface area contributed by atoms with Crippen LogP contribution in [0, 0.1) is 0 Å². The van der Waals surface area contributed by atoms with Crippen LogP contribution in [0.5, 0.6) is 0 Å². The first-order chi connectivity index (χ1) is 7.99. The third-order valence-corrected chi connectivity index (χ3v) is 2.10. The molecule has 0 radical (unpaired) electrons. The molecular weight excluding hydrogens is 224 g/mol. The van der Waals surface area contributed by atoms with Crippen LogP contribution in [0.15, 0.2) is 12.3 Å². The van der Waals surface area contributed by atoms with Gasteiger partial charge in [0.05, 0.1) is 5.69 Å². The zero-order chi connectivity index (χ0) is 12.8. The number of aryl methyl sites for hydroxylation is 1. The number of rotatable bonds is 6. The lowest BCUT2D eigenvalue weighted by atomic mass is 10.3. The third-order valence-electron chi connectivity index (χ3n) is 2.10. The van der Waals surface area contributed by atoms with Gasteiger partial charge < -0.3 is 15.7 Å². The van der Waals surface area contributed by atoms with Gasteiger partial charge in [-0.25, -0.2) is 4.79 Å². The molecule has 94 valence electrons. The highest BCUT2D eigenvalue weighted by molar-refractivity contribution is 5.82. The van der Waals surface area contributed by atoms with E-state index in [0.717, 1.165) is 5.69 Å². The van der Waals surface area contributed by atoms with Gasteiger partial charge in [-0.05, 0) is 6.07 Å². The van der Waals surface area contributed by atoms with Crippen LogP contribution in [-0.4, -0.2) is 39.4 Å². The van der Waals surface area contributed by atoms with E-state index >= 15 is 0 Å². The number of carbonyl (C=O) groups excluding carboxylic acids is 1. The minimum Gasteiger partial charge on any atom is -0.480 e. The van der Waals surface area contributed by atoms with Crippen molar-refractivity contribution in [2.75, 3.05) is 6.54 Å². The normalized spacial score (nSPS) is 12.1. The van der Waals surface area contributed by atoms with E-state index in [4.69, 9.17) is 5.11 Å². The number of amides is 1. The third kappa shape index (κ3) is 4.64. The van der Waals surface area contributed by atoms with Crippen LogP contribution in [0.25, 0.3) is 0 Å². The average molecular weight is 240 g/mol. The Morgan fingerprint density at radius 2 is 2.29 bits per heavy atom. The van der Waals surface area contributed by atoms with Gasteiger partial charge in [-0.15, -0.1) is 0 Å². The van der Waals surface area contributed by atoms with E-state index in [9.17, 15) is 9.59 Å². The molecule has 0 spiro atoms. The molecule has 7 heteroatoms. The maximum atomic E-state index is 10.8. The SMILES string of the molecule is CC(=O)NC(CNCc1ccn(C)n1)C(=O)O. The van der Waals surface area contributed by atoms with Gasteiger partial charge in [-0.2, -0.15) is 5.10 Å². The molecule has 0 aromatic carbocycles. The topological polar surface area (TPSA) is 96.3 Å². The number of hydrogen-bond acceptors (Lipinski definition) is 4. The van der Waals surface area contributed by atoms with Gasteiger partial charge in [-0.3, -0.25) is 9.48 Å². The second-order valence-corrected chi connectivity index (χ2v) is 3.70. The van der Waals surface area contributed by atoms with Gasteiger partial charge in [0.15, 0.2) is 0 Å². The molecule has 1 unspecified atom stereocenters. The van der Waals surface area contributed by atoms with Gasteiger partial charge in [0.2, 0.25) is 5.91 Å². The molecule has 1 rings (SSSR count). The van der Waals surface area contributed by atoms with Crippen molar-refractivity contribution in [3.8, 4) is 0 Å². The molecule has 1 aromatic rings. The van der Waals surface area contributed by atoms with Crippen molar-refractivity contribution in [2.24, 2.45) is 7.05 Å². The van der Waals surface area contributed by atoms with Crippen molar-refractivity contribution in [3.63, 3.8) is 0 Å². The largest absolute Gasteiger partial charge is 0.480 e. The molecule has 0 fully saturated rings. The maximum absolute atomic E-state index is 10.8.